The Morgan fingerprint density at radius 1 is 1.30 bits per heavy atom. The van der Waals surface area contributed by atoms with E-state index in [-0.39, 0.29) is 12.6 Å². The molecule has 2 atom stereocenters. The van der Waals surface area contributed by atoms with Crippen LogP contribution in [0.15, 0.2) is 0 Å². The van der Waals surface area contributed by atoms with Crippen LogP contribution in [-0.4, -0.2) is 60.1 Å². The monoisotopic (exact) mass is 345 g/mol. The maximum Gasteiger partial charge on any atom is 0.211 e. The third-order valence-corrected chi connectivity index (χ3v) is 6.48. The average Bonchev–Trinajstić information content (AvgIpc) is 2.23. The molecular formula is C12H27NO4S3. The largest absolute Gasteiger partial charge is 0.367 e. The van der Waals surface area contributed by atoms with Crippen molar-refractivity contribution in [3.8, 4) is 0 Å². The molecule has 0 aromatic heterocycles. The molecule has 0 aromatic rings. The van der Waals surface area contributed by atoms with E-state index in [1.807, 2.05) is 6.92 Å². The van der Waals surface area contributed by atoms with Gasteiger partial charge in [0.25, 0.3) is 0 Å². The highest BCUT2D eigenvalue weighted by atomic mass is 33.1. The number of rotatable bonds is 9. The molecule has 20 heavy (non-hydrogen) atoms. The summed E-state index contributed by atoms with van der Waals surface area (Å²) in [5.41, 5.74) is -0.589. The first-order valence-electron chi connectivity index (χ1n) is 6.54. The quantitative estimate of drug-likeness (QED) is 0.392. The summed E-state index contributed by atoms with van der Waals surface area (Å²) in [5, 5.41) is 9.93. The normalized spacial score (nSPS) is 16.4. The standard InChI is InChI=1S/C12H27NO4S3/c1-7-18-19-9-10(2)17-11(14)8-13(12(3,4)5)20(6,15)16/h10-11,14H,7-9H2,1-6H3/t10-,11-/m0/s1. The molecule has 0 aliphatic carbocycles. The lowest BCUT2D eigenvalue weighted by Crippen LogP contribution is -2.49. The Morgan fingerprint density at radius 3 is 2.25 bits per heavy atom. The van der Waals surface area contributed by atoms with Gasteiger partial charge in [-0.05, 0) is 27.7 Å². The zero-order valence-corrected chi connectivity index (χ0v) is 15.6. The van der Waals surface area contributed by atoms with Crippen molar-refractivity contribution in [3.63, 3.8) is 0 Å². The lowest BCUT2D eigenvalue weighted by molar-refractivity contribution is -0.133. The summed E-state index contributed by atoms with van der Waals surface area (Å²) in [5.74, 6) is 1.77. The fourth-order valence-corrected chi connectivity index (χ4v) is 4.92. The summed E-state index contributed by atoms with van der Waals surface area (Å²) in [6.45, 7) is 9.26. The minimum absolute atomic E-state index is 0.0573. The first kappa shape index (κ1) is 20.5. The molecule has 0 rings (SSSR count). The minimum Gasteiger partial charge on any atom is -0.367 e. The number of hydrogen-bond acceptors (Lipinski definition) is 6. The molecule has 0 heterocycles. The van der Waals surface area contributed by atoms with Gasteiger partial charge in [-0.2, -0.15) is 4.31 Å². The number of hydrogen-bond donors (Lipinski definition) is 1. The highest BCUT2D eigenvalue weighted by Crippen LogP contribution is 2.23. The summed E-state index contributed by atoms with van der Waals surface area (Å²) in [7, 11) is 0.0263. The van der Waals surface area contributed by atoms with E-state index >= 15 is 0 Å². The Kier molecular flexibility index (Phi) is 9.08. The van der Waals surface area contributed by atoms with Gasteiger partial charge in [0.2, 0.25) is 10.0 Å². The van der Waals surface area contributed by atoms with Gasteiger partial charge in [-0.1, -0.05) is 28.5 Å². The second-order valence-electron chi connectivity index (χ2n) is 5.56. The van der Waals surface area contributed by atoms with Gasteiger partial charge < -0.3 is 9.84 Å². The predicted molar refractivity (Wildman–Crippen MR) is 88.4 cm³/mol. The van der Waals surface area contributed by atoms with Crippen LogP contribution in [-0.2, 0) is 14.8 Å². The van der Waals surface area contributed by atoms with Gasteiger partial charge in [0.15, 0.2) is 6.29 Å². The Labute approximate surface area is 131 Å². The number of sulfonamides is 1. The lowest BCUT2D eigenvalue weighted by atomic mass is 10.1. The Hall–Kier alpha value is 0.530. The van der Waals surface area contributed by atoms with Crippen LogP contribution in [0.5, 0.6) is 0 Å². The predicted octanol–water partition coefficient (Wildman–Crippen LogP) is 2.17. The number of ether oxygens (including phenoxy) is 1. The number of aliphatic hydroxyl groups is 1. The van der Waals surface area contributed by atoms with Gasteiger partial charge in [-0.15, -0.1) is 0 Å². The molecule has 0 aromatic carbocycles. The van der Waals surface area contributed by atoms with Crippen LogP contribution in [0, 0.1) is 0 Å². The van der Waals surface area contributed by atoms with Crippen LogP contribution in [0.2, 0.25) is 0 Å². The highest BCUT2D eigenvalue weighted by molar-refractivity contribution is 8.76. The highest BCUT2D eigenvalue weighted by Gasteiger charge is 2.31. The van der Waals surface area contributed by atoms with Crippen LogP contribution >= 0.6 is 21.6 Å². The van der Waals surface area contributed by atoms with Crippen LogP contribution < -0.4 is 0 Å². The minimum atomic E-state index is -3.39. The number of aliphatic hydroxyl groups excluding tert-OH is 1. The topological polar surface area (TPSA) is 66.8 Å². The van der Waals surface area contributed by atoms with Crippen molar-refractivity contribution < 1.29 is 18.3 Å². The molecule has 0 radical (unpaired) electrons. The molecule has 122 valence electrons. The molecule has 0 fully saturated rings. The second-order valence-corrected chi connectivity index (χ2v) is 10.3. The van der Waals surface area contributed by atoms with Crippen LogP contribution in [0.3, 0.4) is 0 Å². The van der Waals surface area contributed by atoms with Crippen molar-refractivity contribution >= 4 is 31.6 Å². The maximum absolute atomic E-state index is 11.8. The molecule has 0 bridgehead atoms. The first-order chi connectivity index (χ1) is 8.98. The summed E-state index contributed by atoms with van der Waals surface area (Å²) >= 11 is 0. The van der Waals surface area contributed by atoms with Crippen LogP contribution in [0.25, 0.3) is 0 Å². The third kappa shape index (κ3) is 8.74. The van der Waals surface area contributed by atoms with E-state index < -0.39 is 21.9 Å². The molecular weight excluding hydrogens is 318 g/mol. The van der Waals surface area contributed by atoms with E-state index in [0.29, 0.717) is 0 Å². The second kappa shape index (κ2) is 8.85. The number of β-amino-alcohol motifs (C(OH)–C–C–N with tert-alkyl or cyclic N) is 1. The van der Waals surface area contributed by atoms with Crippen LogP contribution in [0.1, 0.15) is 34.6 Å². The van der Waals surface area contributed by atoms with Crippen LogP contribution in [0.4, 0.5) is 0 Å². The molecule has 0 saturated carbocycles. The molecule has 8 heteroatoms. The van der Waals surface area contributed by atoms with Crippen molar-refractivity contribution in [3.05, 3.63) is 0 Å². The van der Waals surface area contributed by atoms with E-state index in [0.717, 1.165) is 17.8 Å². The van der Waals surface area contributed by atoms with Crippen molar-refractivity contribution in [2.75, 3.05) is 24.3 Å². The third-order valence-electron chi connectivity index (χ3n) is 2.36. The zero-order chi connectivity index (χ0) is 16.0. The fraction of sp³-hybridized carbons (Fsp3) is 1.00. The van der Waals surface area contributed by atoms with Crippen molar-refractivity contribution in [2.24, 2.45) is 0 Å². The van der Waals surface area contributed by atoms with E-state index in [4.69, 9.17) is 4.74 Å². The van der Waals surface area contributed by atoms with E-state index in [1.54, 1.807) is 42.4 Å². The SMILES string of the molecule is CCSSC[C@H](C)O[C@H](O)CN(C(C)(C)C)S(C)(=O)=O. The Bertz CT molecular complexity index is 367. The smallest absolute Gasteiger partial charge is 0.211 e. The van der Waals surface area contributed by atoms with Gasteiger partial charge in [0, 0.05) is 17.0 Å². The fourth-order valence-electron chi connectivity index (χ4n) is 1.63. The lowest BCUT2D eigenvalue weighted by Gasteiger charge is -2.35. The van der Waals surface area contributed by atoms with Crippen molar-refractivity contribution in [1.82, 2.24) is 4.31 Å². The molecule has 5 nitrogen and oxygen atoms in total. The molecule has 1 N–H and O–H groups in total. The van der Waals surface area contributed by atoms with Gasteiger partial charge in [0.1, 0.15) is 0 Å². The molecule has 0 aliphatic rings. The van der Waals surface area contributed by atoms with Gasteiger partial charge >= 0.3 is 0 Å². The maximum atomic E-state index is 11.8. The summed E-state index contributed by atoms with van der Waals surface area (Å²) in [6, 6.07) is 0. The Balaban J connectivity index is 4.45. The van der Waals surface area contributed by atoms with E-state index in [1.165, 1.54) is 4.31 Å². The molecule has 0 aliphatic heterocycles. The molecule has 0 amide bonds. The zero-order valence-electron chi connectivity index (χ0n) is 13.1. The first-order valence-corrected chi connectivity index (χ1v) is 10.9. The number of nitrogens with zero attached hydrogens (tertiary/aromatic N) is 1. The van der Waals surface area contributed by atoms with E-state index in [2.05, 4.69) is 6.92 Å². The Morgan fingerprint density at radius 2 is 1.85 bits per heavy atom. The van der Waals surface area contributed by atoms with E-state index in [9.17, 15) is 13.5 Å². The summed E-state index contributed by atoms with van der Waals surface area (Å²) < 4.78 is 30.2. The summed E-state index contributed by atoms with van der Waals surface area (Å²) in [4.78, 5) is 0. The molecule has 0 unspecified atom stereocenters. The van der Waals surface area contributed by atoms with Gasteiger partial charge in [-0.3, -0.25) is 0 Å². The van der Waals surface area contributed by atoms with Crippen molar-refractivity contribution in [2.45, 2.75) is 52.6 Å². The summed E-state index contributed by atoms with van der Waals surface area (Å²) in [6.07, 6.45) is -0.108. The molecule has 0 saturated heterocycles. The van der Waals surface area contributed by atoms with Gasteiger partial charge in [0.05, 0.1) is 18.9 Å². The van der Waals surface area contributed by atoms with Crippen molar-refractivity contribution in [1.29, 1.82) is 0 Å². The van der Waals surface area contributed by atoms with Gasteiger partial charge in [-0.25, -0.2) is 8.42 Å². The average molecular weight is 346 g/mol. The molecule has 0 spiro atoms.